The zero-order valence-corrected chi connectivity index (χ0v) is 18.6. The molecule has 0 heterocycles. The molecule has 0 fully saturated rings. The fourth-order valence-corrected chi connectivity index (χ4v) is 3.97. The Morgan fingerprint density at radius 2 is 1.93 bits per heavy atom. The molecule has 0 bridgehead atoms. The van der Waals surface area contributed by atoms with E-state index in [1.54, 1.807) is 18.2 Å². The summed E-state index contributed by atoms with van der Waals surface area (Å²) in [6.07, 6.45) is 5.02. The summed E-state index contributed by atoms with van der Waals surface area (Å²) in [7, 11) is 1.61. The molecule has 0 aromatic heterocycles. The van der Waals surface area contributed by atoms with Crippen molar-refractivity contribution in [2.75, 3.05) is 32.4 Å². The average molecular weight is 424 g/mol. The topological polar surface area (TPSA) is 98.3 Å². The maximum atomic E-state index is 12.5. The Bertz CT molecular complexity index is 820. The van der Waals surface area contributed by atoms with Crippen molar-refractivity contribution in [1.29, 1.82) is 0 Å². The molecular weight excluding hydrogens is 390 g/mol. The van der Waals surface area contributed by atoms with Crippen molar-refractivity contribution in [3.8, 4) is 11.8 Å². The maximum absolute atomic E-state index is 12.5. The molecule has 0 amide bonds. The molecule has 8 heteroatoms. The van der Waals surface area contributed by atoms with Gasteiger partial charge in [0.2, 0.25) is 0 Å². The summed E-state index contributed by atoms with van der Waals surface area (Å²) in [4.78, 5) is 11.0. The molecular formula is C21H33N3O4S. The van der Waals surface area contributed by atoms with Crippen LogP contribution in [-0.4, -0.2) is 52.6 Å². The Hall–Kier alpha value is -2.08. The van der Waals surface area contributed by atoms with Gasteiger partial charge in [0.25, 0.3) is 10.2 Å². The largest absolute Gasteiger partial charge is 0.550 e. The summed E-state index contributed by atoms with van der Waals surface area (Å²) in [5, 5.41) is 11.0. The van der Waals surface area contributed by atoms with Crippen molar-refractivity contribution in [3.05, 3.63) is 29.8 Å². The highest BCUT2D eigenvalue weighted by Gasteiger charge is 2.23. The Balaban J connectivity index is 2.77. The SMILES string of the molecule is CCCCCCC#Cc1cccc(NS(=O)(=O)NC(CC(=O)[O-])C[N+](C)(C)C)c1. The van der Waals surface area contributed by atoms with Crippen LogP contribution in [0.3, 0.4) is 0 Å². The van der Waals surface area contributed by atoms with E-state index in [-0.39, 0.29) is 0 Å². The molecule has 1 rings (SSSR count). The van der Waals surface area contributed by atoms with Gasteiger partial charge < -0.3 is 14.4 Å². The number of carbonyl (C=O) groups is 1. The summed E-state index contributed by atoms with van der Waals surface area (Å²) in [6, 6.07) is 6.04. The molecule has 0 spiro atoms. The van der Waals surface area contributed by atoms with Crippen LogP contribution in [0.1, 0.15) is 51.0 Å². The lowest BCUT2D eigenvalue weighted by atomic mass is 10.1. The number of hydrogen-bond acceptors (Lipinski definition) is 4. The zero-order chi connectivity index (χ0) is 21.9. The van der Waals surface area contributed by atoms with Crippen LogP contribution in [0.2, 0.25) is 0 Å². The molecule has 0 saturated carbocycles. The molecule has 1 unspecified atom stereocenters. The molecule has 0 aliphatic carbocycles. The second-order valence-electron chi connectivity index (χ2n) is 8.16. The van der Waals surface area contributed by atoms with Crippen LogP contribution >= 0.6 is 0 Å². The first-order valence-corrected chi connectivity index (χ1v) is 11.4. The molecule has 7 nitrogen and oxygen atoms in total. The van der Waals surface area contributed by atoms with Crippen LogP contribution in [-0.2, 0) is 15.0 Å². The third-order valence-corrected chi connectivity index (χ3v) is 5.15. The van der Waals surface area contributed by atoms with Gasteiger partial charge in [-0.15, -0.1) is 0 Å². The maximum Gasteiger partial charge on any atom is 0.299 e. The van der Waals surface area contributed by atoms with E-state index < -0.39 is 28.6 Å². The van der Waals surface area contributed by atoms with Crippen LogP contribution in [0, 0.1) is 11.8 Å². The van der Waals surface area contributed by atoms with E-state index in [2.05, 4.69) is 28.2 Å². The lowest BCUT2D eigenvalue weighted by molar-refractivity contribution is -0.871. The number of anilines is 1. The Kier molecular flexibility index (Phi) is 10.2. The van der Waals surface area contributed by atoms with Crippen molar-refractivity contribution in [2.45, 2.75) is 51.5 Å². The zero-order valence-electron chi connectivity index (χ0n) is 17.8. The van der Waals surface area contributed by atoms with Crippen molar-refractivity contribution in [2.24, 2.45) is 0 Å². The van der Waals surface area contributed by atoms with E-state index in [4.69, 9.17) is 0 Å². The smallest absolute Gasteiger partial charge is 0.299 e. The number of carboxylic acid groups (broad SMARTS) is 1. The van der Waals surface area contributed by atoms with Gasteiger partial charge in [0, 0.05) is 24.4 Å². The third kappa shape index (κ3) is 12.2. The van der Waals surface area contributed by atoms with Crippen LogP contribution in [0.4, 0.5) is 5.69 Å². The first kappa shape index (κ1) is 25.0. The lowest BCUT2D eigenvalue weighted by Gasteiger charge is -2.29. The average Bonchev–Trinajstić information content (AvgIpc) is 2.55. The van der Waals surface area contributed by atoms with Gasteiger partial charge in [0.1, 0.15) is 0 Å². The van der Waals surface area contributed by atoms with Crippen LogP contribution in [0.15, 0.2) is 24.3 Å². The standard InChI is InChI=1S/C21H33N3O4S/c1-5-6-7-8-9-10-12-18-13-11-14-19(15-18)22-29(27,28)23-20(16-21(25)26)17-24(2,3)4/h11,13-15,20,22-23H,5-9,16-17H2,1-4H3. The molecule has 1 atom stereocenters. The van der Waals surface area contributed by atoms with E-state index in [0.29, 0.717) is 16.7 Å². The number of unbranched alkanes of at least 4 members (excludes halogenated alkanes) is 4. The second-order valence-corrected chi connectivity index (χ2v) is 9.61. The fourth-order valence-electron chi connectivity index (χ4n) is 2.88. The Labute approximate surface area is 175 Å². The van der Waals surface area contributed by atoms with Crippen molar-refractivity contribution in [3.63, 3.8) is 0 Å². The summed E-state index contributed by atoms with van der Waals surface area (Å²) < 4.78 is 30.2. The first-order valence-electron chi connectivity index (χ1n) is 9.90. The second kappa shape index (κ2) is 11.8. The Morgan fingerprint density at radius 1 is 1.21 bits per heavy atom. The molecule has 1 aromatic carbocycles. The molecule has 162 valence electrons. The highest BCUT2D eigenvalue weighted by molar-refractivity contribution is 7.90. The third-order valence-electron chi connectivity index (χ3n) is 4.01. The van der Waals surface area contributed by atoms with E-state index in [1.165, 1.54) is 12.8 Å². The molecule has 0 aliphatic rings. The normalized spacial score (nSPS) is 12.7. The number of carbonyl (C=O) groups excluding carboxylic acids is 1. The Morgan fingerprint density at radius 3 is 2.55 bits per heavy atom. The van der Waals surface area contributed by atoms with Gasteiger partial charge in [-0.05, 0) is 24.6 Å². The molecule has 2 N–H and O–H groups in total. The summed E-state index contributed by atoms with van der Waals surface area (Å²) in [5.74, 6) is 4.86. The minimum Gasteiger partial charge on any atom is -0.550 e. The predicted octanol–water partition coefficient (Wildman–Crippen LogP) is 1.47. The number of likely N-dealkylation sites (N-methyl/N-ethyl adjacent to an activating group) is 1. The van der Waals surface area contributed by atoms with Crippen LogP contribution in [0.5, 0.6) is 0 Å². The molecule has 0 saturated heterocycles. The number of rotatable bonds is 12. The first-order chi connectivity index (χ1) is 13.5. The monoisotopic (exact) mass is 423 g/mol. The molecule has 29 heavy (non-hydrogen) atoms. The highest BCUT2D eigenvalue weighted by Crippen LogP contribution is 2.12. The predicted molar refractivity (Wildman–Crippen MR) is 114 cm³/mol. The van der Waals surface area contributed by atoms with Gasteiger partial charge in [0.15, 0.2) is 0 Å². The number of hydrogen-bond donors (Lipinski definition) is 2. The summed E-state index contributed by atoms with van der Waals surface area (Å²) in [5.41, 5.74) is 1.09. The van der Waals surface area contributed by atoms with Crippen LogP contribution < -0.4 is 14.6 Å². The fraction of sp³-hybridized carbons (Fsp3) is 0.571. The van der Waals surface area contributed by atoms with Gasteiger partial charge in [-0.2, -0.15) is 13.1 Å². The number of nitrogens with one attached hydrogen (secondary N) is 2. The van der Waals surface area contributed by atoms with Gasteiger partial charge in [-0.25, -0.2) is 0 Å². The van der Waals surface area contributed by atoms with E-state index >= 15 is 0 Å². The van der Waals surface area contributed by atoms with Gasteiger partial charge >= 0.3 is 0 Å². The van der Waals surface area contributed by atoms with Crippen molar-refractivity contribution < 1.29 is 22.8 Å². The molecule has 1 aromatic rings. The van der Waals surface area contributed by atoms with Crippen molar-refractivity contribution in [1.82, 2.24) is 4.72 Å². The molecule has 0 radical (unpaired) electrons. The minimum atomic E-state index is -3.95. The number of benzene rings is 1. The highest BCUT2D eigenvalue weighted by atomic mass is 32.2. The lowest BCUT2D eigenvalue weighted by Crippen LogP contribution is -2.51. The summed E-state index contributed by atoms with van der Waals surface area (Å²) >= 11 is 0. The number of aliphatic carboxylic acids is 1. The van der Waals surface area contributed by atoms with E-state index in [0.717, 1.165) is 24.8 Å². The van der Waals surface area contributed by atoms with Gasteiger partial charge in [0.05, 0.1) is 39.4 Å². The van der Waals surface area contributed by atoms with E-state index in [9.17, 15) is 18.3 Å². The number of carboxylic acids is 1. The van der Waals surface area contributed by atoms with Crippen LogP contribution in [0.25, 0.3) is 0 Å². The quantitative estimate of drug-likeness (QED) is 0.302. The van der Waals surface area contributed by atoms with Gasteiger partial charge in [-0.3, -0.25) is 4.72 Å². The number of nitrogens with zero attached hydrogens (tertiary/aromatic N) is 1. The number of quaternary nitrogens is 1. The van der Waals surface area contributed by atoms with Gasteiger partial charge in [-0.1, -0.05) is 44.1 Å². The molecule has 0 aliphatic heterocycles. The van der Waals surface area contributed by atoms with E-state index in [1.807, 2.05) is 27.2 Å². The van der Waals surface area contributed by atoms with Crippen molar-refractivity contribution >= 4 is 21.9 Å². The minimum absolute atomic E-state index is 0.304. The summed E-state index contributed by atoms with van der Waals surface area (Å²) in [6.45, 7) is 2.47.